The van der Waals surface area contributed by atoms with Gasteiger partial charge >= 0.3 is 6.03 Å². The Morgan fingerprint density at radius 3 is 2.29 bits per heavy atom. The molecule has 3 aromatic rings. The van der Waals surface area contributed by atoms with E-state index in [1.54, 1.807) is 23.1 Å². The highest BCUT2D eigenvalue weighted by Crippen LogP contribution is 2.28. The Kier molecular flexibility index (Phi) is 7.81. The molecule has 4 rings (SSSR count). The Bertz CT molecular complexity index is 1180. The fourth-order valence-electron chi connectivity index (χ4n) is 4.09. The van der Waals surface area contributed by atoms with Gasteiger partial charge in [0.1, 0.15) is 11.6 Å². The van der Waals surface area contributed by atoms with Crippen molar-refractivity contribution >= 4 is 52.3 Å². The van der Waals surface area contributed by atoms with E-state index < -0.39 is 0 Å². The van der Waals surface area contributed by atoms with E-state index in [0.29, 0.717) is 46.9 Å². The highest BCUT2D eigenvalue weighted by atomic mass is 35.5. The molecular weight excluding hydrogens is 493 g/mol. The molecule has 2 aromatic carbocycles. The van der Waals surface area contributed by atoms with E-state index >= 15 is 0 Å². The summed E-state index contributed by atoms with van der Waals surface area (Å²) in [7, 11) is 0. The maximum absolute atomic E-state index is 12.8. The van der Waals surface area contributed by atoms with Gasteiger partial charge in [-0.1, -0.05) is 53.9 Å². The highest BCUT2D eigenvalue weighted by molar-refractivity contribution is 6.36. The van der Waals surface area contributed by atoms with Crippen molar-refractivity contribution in [3.63, 3.8) is 0 Å². The number of benzene rings is 2. The van der Waals surface area contributed by atoms with Gasteiger partial charge in [0, 0.05) is 53.9 Å². The minimum Gasteiger partial charge on any atom is -0.353 e. The second-order valence-electron chi connectivity index (χ2n) is 8.20. The SMILES string of the molecule is CCc1nc(C)nc(N2CCN(C(=O)Nc3ccc(Cl)cc3Cl)CC2)c1Cc1ccc(Cl)cc1. The lowest BCUT2D eigenvalue weighted by Gasteiger charge is -2.36. The Balaban J connectivity index is 1.49. The molecule has 34 heavy (non-hydrogen) atoms. The lowest BCUT2D eigenvalue weighted by atomic mass is 10.0. The number of piperazine rings is 1. The summed E-state index contributed by atoms with van der Waals surface area (Å²) in [5.41, 5.74) is 3.88. The van der Waals surface area contributed by atoms with E-state index in [4.69, 9.17) is 44.8 Å². The zero-order valence-corrected chi connectivity index (χ0v) is 21.4. The van der Waals surface area contributed by atoms with Gasteiger partial charge in [0.05, 0.1) is 10.7 Å². The maximum Gasteiger partial charge on any atom is 0.322 e. The van der Waals surface area contributed by atoms with Gasteiger partial charge in [-0.05, 0) is 49.2 Å². The van der Waals surface area contributed by atoms with Gasteiger partial charge in [0.25, 0.3) is 0 Å². The van der Waals surface area contributed by atoms with Crippen molar-refractivity contribution in [3.8, 4) is 0 Å². The molecule has 0 saturated carbocycles. The van der Waals surface area contributed by atoms with Crippen molar-refractivity contribution in [1.29, 1.82) is 0 Å². The molecular formula is C25H26Cl3N5O. The molecule has 2 amide bonds. The average Bonchev–Trinajstić information content (AvgIpc) is 2.83. The Labute approximate surface area is 214 Å². The number of hydrogen-bond acceptors (Lipinski definition) is 4. The second kappa shape index (κ2) is 10.8. The summed E-state index contributed by atoms with van der Waals surface area (Å²) in [6, 6.07) is 12.7. The molecule has 2 heterocycles. The van der Waals surface area contributed by atoms with Crippen LogP contribution in [0.2, 0.25) is 15.1 Å². The molecule has 1 fully saturated rings. The van der Waals surface area contributed by atoms with Crippen molar-refractivity contribution in [2.75, 3.05) is 36.4 Å². The first-order valence-electron chi connectivity index (χ1n) is 11.2. The van der Waals surface area contributed by atoms with Gasteiger partial charge in [-0.3, -0.25) is 0 Å². The molecule has 178 valence electrons. The minimum absolute atomic E-state index is 0.182. The lowest BCUT2D eigenvalue weighted by molar-refractivity contribution is 0.208. The summed E-state index contributed by atoms with van der Waals surface area (Å²) in [5, 5.41) is 4.53. The molecule has 9 heteroatoms. The van der Waals surface area contributed by atoms with Crippen LogP contribution in [-0.4, -0.2) is 47.1 Å². The fraction of sp³-hybridized carbons (Fsp3) is 0.320. The molecule has 0 radical (unpaired) electrons. The molecule has 1 aromatic heterocycles. The molecule has 1 saturated heterocycles. The van der Waals surface area contributed by atoms with E-state index in [2.05, 4.69) is 17.1 Å². The Hall–Kier alpha value is -2.54. The second-order valence-corrected chi connectivity index (χ2v) is 9.48. The number of urea groups is 1. The quantitative estimate of drug-likeness (QED) is 0.433. The van der Waals surface area contributed by atoms with Crippen LogP contribution in [0.25, 0.3) is 0 Å². The number of aromatic nitrogens is 2. The van der Waals surface area contributed by atoms with Crippen LogP contribution in [0.15, 0.2) is 42.5 Å². The van der Waals surface area contributed by atoms with Crippen LogP contribution in [-0.2, 0) is 12.8 Å². The number of aryl methyl sites for hydroxylation is 2. The van der Waals surface area contributed by atoms with Crippen molar-refractivity contribution in [3.05, 3.63) is 80.2 Å². The molecule has 1 aliphatic rings. The largest absolute Gasteiger partial charge is 0.353 e. The summed E-state index contributed by atoms with van der Waals surface area (Å²) in [4.78, 5) is 26.4. The summed E-state index contributed by atoms with van der Waals surface area (Å²) in [6.45, 7) is 6.53. The lowest BCUT2D eigenvalue weighted by Crippen LogP contribution is -2.50. The summed E-state index contributed by atoms with van der Waals surface area (Å²) < 4.78 is 0. The van der Waals surface area contributed by atoms with E-state index in [-0.39, 0.29) is 6.03 Å². The summed E-state index contributed by atoms with van der Waals surface area (Å²) in [6.07, 6.45) is 1.55. The van der Waals surface area contributed by atoms with Crippen molar-refractivity contribution in [2.24, 2.45) is 0 Å². The predicted octanol–water partition coefficient (Wildman–Crippen LogP) is 6.25. The summed E-state index contributed by atoms with van der Waals surface area (Å²) in [5.74, 6) is 1.70. The van der Waals surface area contributed by atoms with Crippen LogP contribution < -0.4 is 10.2 Å². The predicted molar refractivity (Wildman–Crippen MR) is 140 cm³/mol. The third-order valence-corrected chi connectivity index (χ3v) is 6.65. The topological polar surface area (TPSA) is 61.4 Å². The highest BCUT2D eigenvalue weighted by Gasteiger charge is 2.25. The molecule has 0 spiro atoms. The first kappa shape index (κ1) is 24.6. The molecule has 1 N–H and O–H groups in total. The first-order valence-corrected chi connectivity index (χ1v) is 12.3. The molecule has 0 bridgehead atoms. The molecule has 0 atom stereocenters. The van der Waals surface area contributed by atoms with Gasteiger partial charge in [0.2, 0.25) is 0 Å². The van der Waals surface area contributed by atoms with E-state index in [9.17, 15) is 4.79 Å². The van der Waals surface area contributed by atoms with E-state index in [1.165, 1.54) is 0 Å². The number of carbonyl (C=O) groups excluding carboxylic acids is 1. The third-order valence-electron chi connectivity index (χ3n) is 5.85. The Morgan fingerprint density at radius 2 is 1.65 bits per heavy atom. The van der Waals surface area contributed by atoms with Gasteiger partial charge in [0.15, 0.2) is 0 Å². The maximum atomic E-state index is 12.8. The molecule has 6 nitrogen and oxygen atoms in total. The summed E-state index contributed by atoms with van der Waals surface area (Å²) >= 11 is 18.2. The van der Waals surface area contributed by atoms with Crippen LogP contribution in [0.1, 0.15) is 29.6 Å². The molecule has 1 aliphatic heterocycles. The van der Waals surface area contributed by atoms with Crippen LogP contribution in [0.4, 0.5) is 16.3 Å². The van der Waals surface area contributed by atoms with Gasteiger partial charge in [-0.15, -0.1) is 0 Å². The Morgan fingerprint density at radius 1 is 0.971 bits per heavy atom. The number of carbonyl (C=O) groups is 1. The monoisotopic (exact) mass is 517 g/mol. The minimum atomic E-state index is -0.182. The molecule has 0 aliphatic carbocycles. The van der Waals surface area contributed by atoms with Crippen LogP contribution in [0, 0.1) is 6.92 Å². The van der Waals surface area contributed by atoms with Crippen LogP contribution in [0.5, 0.6) is 0 Å². The van der Waals surface area contributed by atoms with Crippen molar-refractivity contribution in [2.45, 2.75) is 26.7 Å². The molecule has 0 unspecified atom stereocenters. The zero-order chi connectivity index (χ0) is 24.2. The van der Waals surface area contributed by atoms with Gasteiger partial charge in [-0.2, -0.15) is 0 Å². The number of hydrogen-bond donors (Lipinski definition) is 1. The van der Waals surface area contributed by atoms with Crippen LogP contribution >= 0.6 is 34.8 Å². The van der Waals surface area contributed by atoms with E-state index in [1.807, 2.05) is 31.2 Å². The van der Waals surface area contributed by atoms with Crippen molar-refractivity contribution < 1.29 is 4.79 Å². The van der Waals surface area contributed by atoms with Gasteiger partial charge < -0.3 is 15.1 Å². The van der Waals surface area contributed by atoms with Gasteiger partial charge in [-0.25, -0.2) is 14.8 Å². The third kappa shape index (κ3) is 5.74. The number of rotatable bonds is 5. The number of nitrogens with one attached hydrogen (secondary N) is 1. The number of halogens is 3. The smallest absolute Gasteiger partial charge is 0.322 e. The number of amides is 2. The zero-order valence-electron chi connectivity index (χ0n) is 19.1. The fourth-order valence-corrected chi connectivity index (χ4v) is 4.67. The average molecular weight is 519 g/mol. The standard InChI is InChI=1S/C25H26Cl3N5O/c1-3-22-20(14-17-4-6-18(26)7-5-17)24(30-16(2)29-22)32-10-12-33(13-11-32)25(34)31-23-9-8-19(27)15-21(23)28/h4-9,15H,3,10-14H2,1-2H3,(H,31,34). The first-order chi connectivity index (χ1) is 16.3. The number of anilines is 2. The number of nitrogens with zero attached hydrogens (tertiary/aromatic N) is 4. The van der Waals surface area contributed by atoms with Crippen LogP contribution in [0.3, 0.4) is 0 Å². The normalized spacial score (nSPS) is 13.8. The van der Waals surface area contributed by atoms with E-state index in [0.717, 1.165) is 41.3 Å². The van der Waals surface area contributed by atoms with Crippen molar-refractivity contribution in [1.82, 2.24) is 14.9 Å².